The molecule has 21 heavy (non-hydrogen) atoms. The first-order valence-electron chi connectivity index (χ1n) is 6.69. The lowest BCUT2D eigenvalue weighted by Gasteiger charge is -2.15. The Kier molecular flexibility index (Phi) is 5.14. The third kappa shape index (κ3) is 3.34. The van der Waals surface area contributed by atoms with E-state index in [9.17, 15) is 5.11 Å². The van der Waals surface area contributed by atoms with E-state index in [-0.39, 0.29) is 0 Å². The van der Waals surface area contributed by atoms with Crippen LogP contribution in [0, 0.1) is 0 Å². The molecule has 0 saturated heterocycles. The Morgan fingerprint density at radius 2 is 2.10 bits per heavy atom. The Bertz CT molecular complexity index is 641. The lowest BCUT2D eigenvalue weighted by molar-refractivity contribution is 0.171. The van der Waals surface area contributed by atoms with E-state index in [2.05, 4.69) is 5.10 Å². The maximum atomic E-state index is 10.5. The molecule has 6 heteroatoms. The third-order valence-corrected chi connectivity index (χ3v) is 4.12. The summed E-state index contributed by atoms with van der Waals surface area (Å²) in [5, 5.41) is 16.0. The largest absolute Gasteiger partial charge is 0.496 e. The second-order valence-corrected chi connectivity index (χ2v) is 5.61. The number of aromatic nitrogens is 2. The topological polar surface area (TPSA) is 47.3 Å². The standard InChI is InChI=1S/C15H18Cl2N2O2/c1-4-11-15(17)12(19(2)18-11)8-13(20)10-6-5-9(16)7-14(10)21-3/h5-7,13,20H,4,8H2,1-3H3. The number of aliphatic hydroxyl groups excluding tert-OH is 1. The predicted molar refractivity (Wildman–Crippen MR) is 84.3 cm³/mol. The quantitative estimate of drug-likeness (QED) is 0.912. The van der Waals surface area contributed by atoms with Crippen molar-refractivity contribution in [3.8, 4) is 5.75 Å². The lowest BCUT2D eigenvalue weighted by Crippen LogP contribution is -2.08. The van der Waals surface area contributed by atoms with Crippen LogP contribution in [0.25, 0.3) is 0 Å². The van der Waals surface area contributed by atoms with Crippen LogP contribution in [0.1, 0.15) is 30.0 Å². The highest BCUT2D eigenvalue weighted by Crippen LogP contribution is 2.32. The van der Waals surface area contributed by atoms with E-state index in [0.29, 0.717) is 27.8 Å². The number of halogens is 2. The molecule has 0 radical (unpaired) electrons. The maximum absolute atomic E-state index is 10.5. The molecule has 0 bridgehead atoms. The molecule has 4 nitrogen and oxygen atoms in total. The fourth-order valence-corrected chi connectivity index (χ4v) is 2.83. The van der Waals surface area contributed by atoms with E-state index < -0.39 is 6.10 Å². The fourth-order valence-electron chi connectivity index (χ4n) is 2.29. The van der Waals surface area contributed by atoms with Crippen LogP contribution in [0.3, 0.4) is 0 Å². The number of benzene rings is 1. The van der Waals surface area contributed by atoms with Crippen LogP contribution in [0.4, 0.5) is 0 Å². The molecule has 0 fully saturated rings. The molecule has 1 aromatic carbocycles. The summed E-state index contributed by atoms with van der Waals surface area (Å²) in [5.74, 6) is 0.559. The van der Waals surface area contributed by atoms with Crippen LogP contribution in [-0.4, -0.2) is 22.0 Å². The smallest absolute Gasteiger partial charge is 0.126 e. The zero-order valence-electron chi connectivity index (χ0n) is 12.2. The SMILES string of the molecule is CCc1nn(C)c(CC(O)c2ccc(Cl)cc2OC)c1Cl. The van der Waals surface area contributed by atoms with E-state index in [1.807, 2.05) is 14.0 Å². The molecule has 0 spiro atoms. The molecular weight excluding hydrogens is 311 g/mol. The Balaban J connectivity index is 2.30. The van der Waals surface area contributed by atoms with E-state index in [4.69, 9.17) is 27.9 Å². The van der Waals surface area contributed by atoms with Gasteiger partial charge in [-0.05, 0) is 18.6 Å². The van der Waals surface area contributed by atoms with Gasteiger partial charge in [0.15, 0.2) is 0 Å². The number of methoxy groups -OCH3 is 1. The van der Waals surface area contributed by atoms with Crippen LogP contribution in [0.15, 0.2) is 18.2 Å². The van der Waals surface area contributed by atoms with Crippen molar-refractivity contribution in [1.82, 2.24) is 9.78 Å². The number of hydrogen-bond donors (Lipinski definition) is 1. The van der Waals surface area contributed by atoms with Gasteiger partial charge < -0.3 is 9.84 Å². The number of aryl methyl sites for hydroxylation is 2. The summed E-state index contributed by atoms with van der Waals surface area (Å²) in [6.07, 6.45) is 0.378. The molecule has 1 atom stereocenters. The lowest BCUT2D eigenvalue weighted by atomic mass is 10.0. The molecule has 1 N–H and O–H groups in total. The first kappa shape index (κ1) is 16.1. The van der Waals surface area contributed by atoms with Gasteiger partial charge in [-0.2, -0.15) is 5.10 Å². The zero-order chi connectivity index (χ0) is 15.6. The van der Waals surface area contributed by atoms with E-state index in [0.717, 1.165) is 17.8 Å². The van der Waals surface area contributed by atoms with Crippen molar-refractivity contribution < 1.29 is 9.84 Å². The van der Waals surface area contributed by atoms with Crippen molar-refractivity contribution in [1.29, 1.82) is 0 Å². The van der Waals surface area contributed by atoms with Gasteiger partial charge in [0, 0.05) is 24.1 Å². The van der Waals surface area contributed by atoms with Crippen LogP contribution in [0.5, 0.6) is 5.75 Å². The second kappa shape index (κ2) is 6.69. The van der Waals surface area contributed by atoms with Gasteiger partial charge in [0.25, 0.3) is 0 Å². The van der Waals surface area contributed by atoms with Crippen molar-refractivity contribution in [2.75, 3.05) is 7.11 Å². The highest BCUT2D eigenvalue weighted by atomic mass is 35.5. The normalized spacial score (nSPS) is 12.5. The summed E-state index contributed by atoms with van der Waals surface area (Å²) in [7, 11) is 3.38. The van der Waals surface area contributed by atoms with Crippen molar-refractivity contribution in [2.24, 2.45) is 7.05 Å². The number of nitrogens with zero attached hydrogens (tertiary/aromatic N) is 2. The van der Waals surface area contributed by atoms with E-state index >= 15 is 0 Å². The maximum Gasteiger partial charge on any atom is 0.126 e. The molecule has 0 aliphatic heterocycles. The third-order valence-electron chi connectivity index (χ3n) is 3.44. The minimum atomic E-state index is -0.741. The summed E-state index contributed by atoms with van der Waals surface area (Å²) >= 11 is 12.2. The predicted octanol–water partition coefficient (Wildman–Crippen LogP) is 3.57. The van der Waals surface area contributed by atoms with Crippen LogP contribution in [-0.2, 0) is 19.9 Å². The number of hydrogen-bond acceptors (Lipinski definition) is 3. The summed E-state index contributed by atoms with van der Waals surface area (Å²) in [4.78, 5) is 0. The van der Waals surface area contributed by atoms with Gasteiger partial charge in [-0.1, -0.05) is 36.2 Å². The Morgan fingerprint density at radius 3 is 2.67 bits per heavy atom. The van der Waals surface area contributed by atoms with Crippen molar-refractivity contribution in [2.45, 2.75) is 25.9 Å². The average molecular weight is 329 g/mol. The zero-order valence-corrected chi connectivity index (χ0v) is 13.7. The second-order valence-electron chi connectivity index (χ2n) is 4.79. The first-order valence-corrected chi connectivity index (χ1v) is 7.45. The minimum absolute atomic E-state index is 0.361. The summed E-state index contributed by atoms with van der Waals surface area (Å²) in [5.41, 5.74) is 2.32. The van der Waals surface area contributed by atoms with Crippen molar-refractivity contribution >= 4 is 23.2 Å². The van der Waals surface area contributed by atoms with E-state index in [1.165, 1.54) is 0 Å². The van der Waals surface area contributed by atoms with Gasteiger partial charge in [0.1, 0.15) is 5.75 Å². The molecule has 114 valence electrons. The van der Waals surface area contributed by atoms with Gasteiger partial charge in [-0.15, -0.1) is 0 Å². The number of rotatable bonds is 5. The van der Waals surface area contributed by atoms with Crippen LogP contribution in [0.2, 0.25) is 10.0 Å². The monoisotopic (exact) mass is 328 g/mol. The Labute approximate surface area is 134 Å². The highest BCUT2D eigenvalue weighted by Gasteiger charge is 2.20. The first-order chi connectivity index (χ1) is 9.97. The summed E-state index contributed by atoms with van der Waals surface area (Å²) in [6.45, 7) is 2.00. The van der Waals surface area contributed by atoms with Crippen molar-refractivity contribution in [3.05, 3.63) is 45.2 Å². The molecule has 1 heterocycles. The molecule has 2 rings (SSSR count). The minimum Gasteiger partial charge on any atom is -0.496 e. The molecule has 1 unspecified atom stereocenters. The average Bonchev–Trinajstić information content (AvgIpc) is 2.74. The van der Waals surface area contributed by atoms with E-state index in [1.54, 1.807) is 30.0 Å². The van der Waals surface area contributed by atoms with Crippen LogP contribution < -0.4 is 4.74 Å². The van der Waals surface area contributed by atoms with Gasteiger partial charge in [-0.25, -0.2) is 0 Å². The Hall–Kier alpha value is -1.23. The fraction of sp³-hybridized carbons (Fsp3) is 0.400. The van der Waals surface area contributed by atoms with Crippen LogP contribution >= 0.6 is 23.2 Å². The van der Waals surface area contributed by atoms with Gasteiger partial charge in [-0.3, -0.25) is 4.68 Å². The van der Waals surface area contributed by atoms with Gasteiger partial charge >= 0.3 is 0 Å². The van der Waals surface area contributed by atoms with Gasteiger partial charge in [0.05, 0.1) is 29.6 Å². The Morgan fingerprint density at radius 1 is 1.38 bits per heavy atom. The number of ether oxygens (including phenoxy) is 1. The number of aliphatic hydroxyl groups is 1. The molecular formula is C15H18Cl2N2O2. The molecule has 0 aliphatic rings. The molecule has 1 aromatic heterocycles. The summed E-state index contributed by atoms with van der Waals surface area (Å²) < 4.78 is 6.99. The molecule has 0 amide bonds. The van der Waals surface area contributed by atoms with Crippen molar-refractivity contribution in [3.63, 3.8) is 0 Å². The highest BCUT2D eigenvalue weighted by molar-refractivity contribution is 6.32. The molecule has 0 aliphatic carbocycles. The summed E-state index contributed by atoms with van der Waals surface area (Å²) in [6, 6.07) is 5.17. The van der Waals surface area contributed by atoms with Gasteiger partial charge in [0.2, 0.25) is 0 Å². The molecule has 0 saturated carbocycles. The molecule has 2 aromatic rings.